The van der Waals surface area contributed by atoms with Gasteiger partial charge in [0.15, 0.2) is 5.82 Å². The second kappa shape index (κ2) is 11.0. The van der Waals surface area contributed by atoms with E-state index >= 15 is 0 Å². The summed E-state index contributed by atoms with van der Waals surface area (Å²) in [5, 5.41) is 15.2. The van der Waals surface area contributed by atoms with Gasteiger partial charge in [0.05, 0.1) is 0 Å². The van der Waals surface area contributed by atoms with Gasteiger partial charge in [0.25, 0.3) is 0 Å². The van der Waals surface area contributed by atoms with Crippen LogP contribution in [0.1, 0.15) is 36.4 Å². The normalized spacial score (nSPS) is 19.3. The van der Waals surface area contributed by atoms with E-state index in [0.717, 1.165) is 67.8 Å². The van der Waals surface area contributed by atoms with Gasteiger partial charge in [-0.05, 0) is 68.1 Å². The predicted octanol–water partition coefficient (Wildman–Crippen LogP) is 4.21. The zero-order chi connectivity index (χ0) is 25.0. The zero-order valence-corrected chi connectivity index (χ0v) is 21.2. The average molecular weight is 498 g/mol. The summed E-state index contributed by atoms with van der Waals surface area (Å²) in [4.78, 5) is 11.9. The molecule has 4 aromatic rings. The van der Waals surface area contributed by atoms with E-state index < -0.39 is 6.10 Å². The topological polar surface area (TPSA) is 75.4 Å². The number of aliphatic hydroxyl groups is 1. The van der Waals surface area contributed by atoms with Crippen LogP contribution < -0.4 is 10.1 Å². The number of aliphatic hydroxyl groups excluding tert-OH is 1. The minimum Gasteiger partial charge on any atom is -0.491 e. The molecule has 0 saturated carbocycles. The summed E-state index contributed by atoms with van der Waals surface area (Å²) < 4.78 is 8.32. The average Bonchev–Trinajstić information content (AvgIpc) is 3.17. The molecule has 0 bridgehead atoms. The number of hydrogen-bond acceptors (Lipinski definition) is 6. The fourth-order valence-corrected chi connectivity index (χ4v) is 5.63. The third-order valence-corrected chi connectivity index (χ3v) is 7.61. The highest BCUT2D eigenvalue weighted by molar-refractivity contribution is 5.77. The number of nitrogens with one attached hydrogen (secondary N) is 1. The number of hydrogen-bond donors (Lipinski definition) is 2. The van der Waals surface area contributed by atoms with Crippen molar-refractivity contribution in [3.8, 4) is 17.1 Å². The third kappa shape index (κ3) is 5.54. The lowest BCUT2D eigenvalue weighted by molar-refractivity contribution is 0.0638. The molecule has 2 aromatic carbocycles. The Kier molecular flexibility index (Phi) is 7.17. The van der Waals surface area contributed by atoms with Gasteiger partial charge in [-0.2, -0.15) is 0 Å². The van der Waals surface area contributed by atoms with E-state index in [0.29, 0.717) is 18.4 Å². The molecule has 2 unspecified atom stereocenters. The Hall–Kier alpha value is -3.26. The molecular weight excluding hydrogens is 462 g/mol. The van der Waals surface area contributed by atoms with Gasteiger partial charge in [0.1, 0.15) is 24.1 Å². The van der Waals surface area contributed by atoms with E-state index in [1.54, 1.807) is 0 Å². The molecule has 1 fully saturated rings. The Balaban J connectivity index is 1.11. The van der Waals surface area contributed by atoms with Crippen molar-refractivity contribution in [1.29, 1.82) is 0 Å². The highest BCUT2D eigenvalue weighted by atomic mass is 16.5. The van der Waals surface area contributed by atoms with Gasteiger partial charge in [-0.15, -0.1) is 0 Å². The number of rotatable bonds is 7. The first-order valence-electron chi connectivity index (χ1n) is 13.5. The Bertz CT molecular complexity index is 1340. The van der Waals surface area contributed by atoms with Crippen LogP contribution in [0.3, 0.4) is 0 Å². The SMILES string of the molecule is OC(COc1cccc(-c2ncc3ccn(C4CCCNCC4)c3n2)c1)CN1CCc2ccccc2C1. The van der Waals surface area contributed by atoms with Crippen molar-refractivity contribution in [2.45, 2.75) is 44.4 Å². The van der Waals surface area contributed by atoms with Gasteiger partial charge in [-0.25, -0.2) is 9.97 Å². The Morgan fingerprint density at radius 1 is 1.05 bits per heavy atom. The molecule has 7 heteroatoms. The maximum atomic E-state index is 10.7. The minimum absolute atomic E-state index is 0.250. The number of β-amino-alcohol motifs (C(OH)–C–C–N with tert-alkyl or cyclic N) is 1. The smallest absolute Gasteiger partial charge is 0.161 e. The molecule has 0 amide bonds. The summed E-state index contributed by atoms with van der Waals surface area (Å²) in [5.74, 6) is 1.41. The third-order valence-electron chi connectivity index (χ3n) is 7.61. The Morgan fingerprint density at radius 2 is 1.97 bits per heavy atom. The Morgan fingerprint density at radius 3 is 2.92 bits per heavy atom. The number of aromatic nitrogens is 3. The van der Waals surface area contributed by atoms with Crippen molar-refractivity contribution in [2.75, 3.05) is 32.8 Å². The van der Waals surface area contributed by atoms with Gasteiger partial charge >= 0.3 is 0 Å². The molecule has 7 nitrogen and oxygen atoms in total. The molecule has 2 aromatic heterocycles. The van der Waals surface area contributed by atoms with Crippen molar-refractivity contribution < 1.29 is 9.84 Å². The highest BCUT2D eigenvalue weighted by Crippen LogP contribution is 2.28. The van der Waals surface area contributed by atoms with Crippen LogP contribution in [-0.4, -0.2) is 63.4 Å². The summed E-state index contributed by atoms with van der Waals surface area (Å²) in [6.45, 7) is 4.81. The van der Waals surface area contributed by atoms with Crippen LogP contribution >= 0.6 is 0 Å². The first kappa shape index (κ1) is 24.1. The maximum Gasteiger partial charge on any atom is 0.161 e. The molecule has 1 saturated heterocycles. The van der Waals surface area contributed by atoms with E-state index in [9.17, 15) is 5.11 Å². The summed E-state index contributed by atoms with van der Waals surface area (Å²) in [5.41, 5.74) is 4.67. The summed E-state index contributed by atoms with van der Waals surface area (Å²) in [7, 11) is 0. The molecule has 192 valence electrons. The van der Waals surface area contributed by atoms with Crippen LogP contribution in [0.2, 0.25) is 0 Å². The molecule has 0 radical (unpaired) electrons. The number of fused-ring (bicyclic) bond motifs is 2. The molecule has 2 atom stereocenters. The lowest BCUT2D eigenvalue weighted by Gasteiger charge is -2.30. The van der Waals surface area contributed by atoms with Crippen LogP contribution in [-0.2, 0) is 13.0 Å². The predicted molar refractivity (Wildman–Crippen MR) is 146 cm³/mol. The zero-order valence-electron chi connectivity index (χ0n) is 21.2. The molecule has 2 aliphatic rings. The van der Waals surface area contributed by atoms with Crippen LogP contribution in [0.25, 0.3) is 22.4 Å². The number of ether oxygens (including phenoxy) is 1. The first-order chi connectivity index (χ1) is 18.2. The molecule has 0 spiro atoms. The van der Waals surface area contributed by atoms with Crippen molar-refractivity contribution in [2.24, 2.45) is 0 Å². The largest absolute Gasteiger partial charge is 0.491 e. The van der Waals surface area contributed by atoms with Crippen LogP contribution in [0, 0.1) is 0 Å². The lowest BCUT2D eigenvalue weighted by atomic mass is 10.00. The quantitative estimate of drug-likeness (QED) is 0.398. The second-order valence-corrected chi connectivity index (χ2v) is 10.3. The fourth-order valence-electron chi connectivity index (χ4n) is 5.63. The van der Waals surface area contributed by atoms with Crippen molar-refractivity contribution in [3.05, 3.63) is 78.1 Å². The van der Waals surface area contributed by atoms with Crippen molar-refractivity contribution >= 4 is 11.0 Å². The monoisotopic (exact) mass is 497 g/mol. The van der Waals surface area contributed by atoms with Gasteiger partial charge in [0, 0.05) is 49.0 Å². The summed E-state index contributed by atoms with van der Waals surface area (Å²) >= 11 is 0. The standard InChI is InChI=1S/C30H35N5O2/c36-27(20-34-15-11-22-5-1-2-6-25(22)19-34)21-37-28-9-3-7-23(17-28)29-32-18-24-12-16-35(30(24)33-29)26-8-4-13-31-14-10-26/h1-3,5-7,9,12,16-18,26-27,31,36H,4,8,10-11,13-15,19-21H2. The van der Waals surface area contributed by atoms with Crippen LogP contribution in [0.4, 0.5) is 0 Å². The molecule has 37 heavy (non-hydrogen) atoms. The highest BCUT2D eigenvalue weighted by Gasteiger charge is 2.19. The number of nitrogens with zero attached hydrogens (tertiary/aromatic N) is 4. The van der Waals surface area contributed by atoms with E-state index in [1.165, 1.54) is 17.5 Å². The number of benzene rings is 2. The van der Waals surface area contributed by atoms with Crippen molar-refractivity contribution in [1.82, 2.24) is 24.8 Å². The molecule has 2 N–H and O–H groups in total. The lowest BCUT2D eigenvalue weighted by Crippen LogP contribution is -2.38. The molecule has 6 rings (SSSR count). The molecule has 0 aliphatic carbocycles. The molecular formula is C30H35N5O2. The van der Waals surface area contributed by atoms with E-state index in [-0.39, 0.29) is 6.61 Å². The summed E-state index contributed by atoms with van der Waals surface area (Å²) in [6.07, 6.45) is 7.98. The van der Waals surface area contributed by atoms with E-state index in [4.69, 9.17) is 9.72 Å². The maximum absolute atomic E-state index is 10.7. The van der Waals surface area contributed by atoms with Crippen LogP contribution in [0.5, 0.6) is 5.75 Å². The minimum atomic E-state index is -0.557. The Labute approximate surface area is 218 Å². The molecule has 4 heterocycles. The van der Waals surface area contributed by atoms with Gasteiger partial charge in [-0.1, -0.05) is 36.4 Å². The van der Waals surface area contributed by atoms with Gasteiger partial charge in [-0.3, -0.25) is 4.90 Å². The van der Waals surface area contributed by atoms with E-state index in [2.05, 4.69) is 56.3 Å². The van der Waals surface area contributed by atoms with Gasteiger partial charge < -0.3 is 19.7 Å². The van der Waals surface area contributed by atoms with Crippen molar-refractivity contribution in [3.63, 3.8) is 0 Å². The van der Waals surface area contributed by atoms with Gasteiger partial charge in [0.2, 0.25) is 0 Å². The molecule has 2 aliphatic heterocycles. The first-order valence-corrected chi connectivity index (χ1v) is 13.5. The second-order valence-electron chi connectivity index (χ2n) is 10.3. The fraction of sp³-hybridized carbons (Fsp3) is 0.400. The van der Waals surface area contributed by atoms with E-state index in [1.807, 2.05) is 30.5 Å². The van der Waals surface area contributed by atoms with Crippen LogP contribution in [0.15, 0.2) is 67.0 Å². The summed E-state index contributed by atoms with van der Waals surface area (Å²) in [6, 6.07) is 19.0.